The standard InChI is InChI=1S/C28H46FN3O3/c1-8-11-13-14-19-35-25-20-22(16-17-24(25)34-7)31(6)27(33)32(18-10-3)21-28(4,5)26(29)23(30)15-12-9-2/h12,15-17,20H,8-11,13-14,18-19,21,30H2,1-7H3/b15-12-,26-23-. The van der Waals surface area contributed by atoms with Crippen LogP contribution >= 0.6 is 0 Å². The molecule has 1 aromatic rings. The van der Waals surface area contributed by atoms with Gasteiger partial charge in [-0.15, -0.1) is 0 Å². The number of anilines is 1. The molecule has 0 heterocycles. The second kappa shape index (κ2) is 15.3. The van der Waals surface area contributed by atoms with Crippen molar-refractivity contribution in [2.75, 3.05) is 38.8 Å². The molecule has 0 saturated carbocycles. The van der Waals surface area contributed by atoms with E-state index < -0.39 is 11.2 Å². The van der Waals surface area contributed by atoms with Crippen molar-refractivity contribution in [3.8, 4) is 11.5 Å². The Labute approximate surface area is 211 Å². The Morgan fingerprint density at radius 3 is 2.43 bits per heavy atom. The number of allylic oxidation sites excluding steroid dienone is 2. The highest BCUT2D eigenvalue weighted by atomic mass is 19.1. The Bertz CT molecular complexity index is 852. The van der Waals surface area contributed by atoms with Gasteiger partial charge in [0, 0.05) is 37.3 Å². The fourth-order valence-corrected chi connectivity index (χ4v) is 3.79. The van der Waals surface area contributed by atoms with Gasteiger partial charge in [-0.3, -0.25) is 4.90 Å². The predicted octanol–water partition coefficient (Wildman–Crippen LogP) is 7.05. The molecule has 0 aliphatic heterocycles. The normalized spacial score (nSPS) is 12.5. The number of carbonyl (C=O) groups is 1. The van der Waals surface area contributed by atoms with E-state index in [1.807, 2.05) is 32.1 Å². The average molecular weight is 492 g/mol. The van der Waals surface area contributed by atoms with E-state index in [0.717, 1.165) is 25.7 Å². The molecular formula is C28H46FN3O3. The molecule has 0 spiro atoms. The number of halogens is 1. The summed E-state index contributed by atoms with van der Waals surface area (Å²) in [5, 5.41) is 0. The number of hydrogen-bond acceptors (Lipinski definition) is 4. The molecule has 0 unspecified atom stereocenters. The van der Waals surface area contributed by atoms with E-state index in [-0.39, 0.29) is 18.3 Å². The van der Waals surface area contributed by atoms with Crippen molar-refractivity contribution in [1.29, 1.82) is 0 Å². The molecule has 1 aromatic carbocycles. The molecule has 2 amide bonds. The lowest BCUT2D eigenvalue weighted by Crippen LogP contribution is -2.46. The molecule has 7 heteroatoms. The molecule has 0 bridgehead atoms. The second-order valence-electron chi connectivity index (χ2n) is 9.47. The third kappa shape index (κ3) is 9.46. The third-order valence-corrected chi connectivity index (χ3v) is 5.81. The fourth-order valence-electron chi connectivity index (χ4n) is 3.79. The van der Waals surface area contributed by atoms with Crippen LogP contribution in [0.3, 0.4) is 0 Å². The van der Waals surface area contributed by atoms with Gasteiger partial charge in [0.15, 0.2) is 11.5 Å². The summed E-state index contributed by atoms with van der Waals surface area (Å²) in [6.07, 6.45) is 9.35. The number of ether oxygens (including phenoxy) is 2. The van der Waals surface area contributed by atoms with Crippen molar-refractivity contribution in [2.24, 2.45) is 11.1 Å². The largest absolute Gasteiger partial charge is 0.493 e. The number of hydrogen-bond donors (Lipinski definition) is 1. The highest BCUT2D eigenvalue weighted by Gasteiger charge is 2.32. The summed E-state index contributed by atoms with van der Waals surface area (Å²) >= 11 is 0. The van der Waals surface area contributed by atoms with Crippen LogP contribution < -0.4 is 20.1 Å². The summed E-state index contributed by atoms with van der Waals surface area (Å²) in [6, 6.07) is 5.23. The van der Waals surface area contributed by atoms with Crippen LogP contribution in [0.25, 0.3) is 0 Å². The van der Waals surface area contributed by atoms with Crippen molar-refractivity contribution in [2.45, 2.75) is 73.1 Å². The molecule has 2 N–H and O–H groups in total. The summed E-state index contributed by atoms with van der Waals surface area (Å²) in [6.45, 7) is 11.0. The van der Waals surface area contributed by atoms with E-state index in [2.05, 4.69) is 6.92 Å². The van der Waals surface area contributed by atoms with Gasteiger partial charge in [0.25, 0.3) is 0 Å². The van der Waals surface area contributed by atoms with E-state index >= 15 is 4.39 Å². The van der Waals surface area contributed by atoms with Crippen LogP contribution in [0.1, 0.15) is 73.1 Å². The lowest BCUT2D eigenvalue weighted by molar-refractivity contribution is 0.176. The molecule has 0 aliphatic rings. The maximum absolute atomic E-state index is 15.1. The Hall–Kier alpha value is -2.70. The highest BCUT2D eigenvalue weighted by Crippen LogP contribution is 2.34. The predicted molar refractivity (Wildman–Crippen MR) is 144 cm³/mol. The van der Waals surface area contributed by atoms with E-state index in [1.54, 1.807) is 49.9 Å². The number of rotatable bonds is 15. The molecule has 6 nitrogen and oxygen atoms in total. The molecule has 0 aliphatic carbocycles. The van der Waals surface area contributed by atoms with Gasteiger partial charge in [-0.1, -0.05) is 60.0 Å². The number of nitrogens with two attached hydrogens (primary N) is 1. The van der Waals surface area contributed by atoms with Crippen molar-refractivity contribution in [1.82, 2.24) is 4.90 Å². The van der Waals surface area contributed by atoms with Gasteiger partial charge >= 0.3 is 6.03 Å². The molecule has 0 atom stereocenters. The SMILES string of the molecule is CC/C=C\C(N)=C(\F)C(C)(C)CN(CCC)C(=O)N(C)c1ccc(OC)c(OCCCCCC)c1. The maximum Gasteiger partial charge on any atom is 0.324 e. The number of benzene rings is 1. The first kappa shape index (κ1) is 30.3. The molecule has 0 aromatic heterocycles. The quantitative estimate of drug-likeness (QED) is 0.211. The maximum atomic E-state index is 15.1. The van der Waals surface area contributed by atoms with Crippen LogP contribution in [0.5, 0.6) is 11.5 Å². The van der Waals surface area contributed by atoms with Gasteiger partial charge < -0.3 is 20.1 Å². The number of amides is 2. The Morgan fingerprint density at radius 2 is 1.83 bits per heavy atom. The molecule has 0 fully saturated rings. The van der Waals surface area contributed by atoms with E-state index in [0.29, 0.717) is 30.3 Å². The van der Waals surface area contributed by atoms with Crippen LogP contribution in [0.2, 0.25) is 0 Å². The minimum atomic E-state index is -0.930. The number of methoxy groups -OCH3 is 1. The van der Waals surface area contributed by atoms with Crippen LogP contribution in [-0.4, -0.2) is 44.8 Å². The van der Waals surface area contributed by atoms with Crippen molar-refractivity contribution >= 4 is 11.7 Å². The van der Waals surface area contributed by atoms with Crippen LogP contribution in [0.4, 0.5) is 14.9 Å². The second-order valence-corrected chi connectivity index (χ2v) is 9.47. The van der Waals surface area contributed by atoms with Crippen molar-refractivity contribution in [3.63, 3.8) is 0 Å². The van der Waals surface area contributed by atoms with Gasteiger partial charge in [-0.25, -0.2) is 9.18 Å². The average Bonchev–Trinajstić information content (AvgIpc) is 2.85. The van der Waals surface area contributed by atoms with Gasteiger partial charge in [-0.05, 0) is 37.5 Å². The zero-order valence-corrected chi connectivity index (χ0v) is 22.8. The highest BCUT2D eigenvalue weighted by molar-refractivity contribution is 5.92. The molecule has 0 saturated heterocycles. The smallest absolute Gasteiger partial charge is 0.324 e. The van der Waals surface area contributed by atoms with E-state index in [1.165, 1.54) is 12.8 Å². The zero-order valence-electron chi connectivity index (χ0n) is 22.8. The van der Waals surface area contributed by atoms with Crippen LogP contribution in [-0.2, 0) is 0 Å². The van der Waals surface area contributed by atoms with Crippen molar-refractivity contribution < 1.29 is 18.7 Å². The summed E-state index contributed by atoms with van der Waals surface area (Å²) in [7, 11) is 3.32. The topological polar surface area (TPSA) is 68.0 Å². The lowest BCUT2D eigenvalue weighted by atomic mass is 9.89. The Balaban J connectivity index is 3.08. The van der Waals surface area contributed by atoms with Gasteiger partial charge in [0.1, 0.15) is 5.83 Å². The lowest BCUT2D eigenvalue weighted by Gasteiger charge is -2.34. The number of carbonyl (C=O) groups excluding carboxylic acids is 1. The number of nitrogens with zero attached hydrogens (tertiary/aromatic N) is 2. The minimum absolute atomic E-state index is 0.102. The molecule has 1 rings (SSSR count). The van der Waals surface area contributed by atoms with Crippen LogP contribution in [0.15, 0.2) is 41.9 Å². The van der Waals surface area contributed by atoms with Gasteiger partial charge in [0.2, 0.25) is 0 Å². The Morgan fingerprint density at radius 1 is 1.11 bits per heavy atom. The molecule has 35 heavy (non-hydrogen) atoms. The summed E-state index contributed by atoms with van der Waals surface area (Å²) < 4.78 is 26.6. The summed E-state index contributed by atoms with van der Waals surface area (Å²) in [5.41, 5.74) is 5.81. The van der Waals surface area contributed by atoms with Crippen LogP contribution in [0, 0.1) is 5.41 Å². The molecular weight excluding hydrogens is 445 g/mol. The molecule has 198 valence electrons. The third-order valence-electron chi connectivity index (χ3n) is 5.81. The first-order chi connectivity index (χ1) is 16.6. The first-order valence-electron chi connectivity index (χ1n) is 12.8. The fraction of sp³-hybridized carbons (Fsp3) is 0.607. The summed E-state index contributed by atoms with van der Waals surface area (Å²) in [5.74, 6) is 0.814. The Kier molecular flexibility index (Phi) is 13.3. The first-order valence-corrected chi connectivity index (χ1v) is 12.8. The van der Waals surface area contributed by atoms with E-state index in [4.69, 9.17) is 15.2 Å². The number of urea groups is 1. The number of unbranched alkanes of at least 4 members (excludes halogenated alkanes) is 3. The van der Waals surface area contributed by atoms with Gasteiger partial charge in [-0.2, -0.15) is 0 Å². The monoisotopic (exact) mass is 491 g/mol. The summed E-state index contributed by atoms with van der Waals surface area (Å²) in [4.78, 5) is 16.7. The minimum Gasteiger partial charge on any atom is -0.493 e. The van der Waals surface area contributed by atoms with E-state index in [9.17, 15) is 4.79 Å². The van der Waals surface area contributed by atoms with Crippen molar-refractivity contribution in [3.05, 3.63) is 41.9 Å². The molecule has 0 radical (unpaired) electrons. The zero-order chi connectivity index (χ0) is 26.4. The van der Waals surface area contributed by atoms with Gasteiger partial charge in [0.05, 0.1) is 19.4 Å².